The van der Waals surface area contributed by atoms with Gasteiger partial charge in [0, 0.05) is 36.0 Å². The van der Waals surface area contributed by atoms with Gasteiger partial charge in [0.1, 0.15) is 12.0 Å². The van der Waals surface area contributed by atoms with Gasteiger partial charge < -0.3 is 14.4 Å². The summed E-state index contributed by atoms with van der Waals surface area (Å²) in [5.74, 6) is -2.75. The molecule has 0 spiro atoms. The molecule has 2 heterocycles. The maximum atomic E-state index is 13.4. The standard InChI is InChI=1S/C23H29N3O6/c1-5-31-22(27)19-14(2)24-15(3)20(23(28)32-18-10-7-11-25(4)13-18)21(19)16-8-6-9-17(12-16)26(29)30/h6,8-9,12,18-19,21H,5,7,10-11,13H2,1-4H3/t18-,19?,21-/m0/s1. The molecule has 2 aliphatic rings. The van der Waals surface area contributed by atoms with Gasteiger partial charge in [-0.15, -0.1) is 0 Å². The van der Waals surface area contributed by atoms with Crippen LogP contribution in [0.3, 0.4) is 0 Å². The topological polar surface area (TPSA) is 111 Å². The highest BCUT2D eigenvalue weighted by Gasteiger charge is 2.43. The number of benzene rings is 1. The Labute approximate surface area is 187 Å². The summed E-state index contributed by atoms with van der Waals surface area (Å²) in [7, 11) is 1.97. The molecule has 0 aromatic heterocycles. The highest BCUT2D eigenvalue weighted by Crippen LogP contribution is 2.41. The van der Waals surface area contributed by atoms with Crippen molar-refractivity contribution in [2.75, 3.05) is 26.7 Å². The fourth-order valence-electron chi connectivity index (χ4n) is 4.46. The van der Waals surface area contributed by atoms with Crippen LogP contribution in [-0.2, 0) is 19.1 Å². The van der Waals surface area contributed by atoms with Gasteiger partial charge >= 0.3 is 11.9 Å². The Morgan fingerprint density at radius 3 is 2.72 bits per heavy atom. The average molecular weight is 444 g/mol. The summed E-state index contributed by atoms with van der Waals surface area (Å²) >= 11 is 0. The second-order valence-corrected chi connectivity index (χ2v) is 8.24. The third kappa shape index (κ3) is 5.04. The zero-order chi connectivity index (χ0) is 23.4. The van der Waals surface area contributed by atoms with E-state index >= 15 is 0 Å². The summed E-state index contributed by atoms with van der Waals surface area (Å²) < 4.78 is 11.1. The van der Waals surface area contributed by atoms with Crippen molar-refractivity contribution in [1.82, 2.24) is 4.90 Å². The van der Waals surface area contributed by atoms with Crippen LogP contribution in [0.2, 0.25) is 0 Å². The third-order valence-electron chi connectivity index (χ3n) is 5.88. The molecule has 1 unspecified atom stereocenters. The number of esters is 2. The second kappa shape index (κ2) is 10.0. The molecule has 9 heteroatoms. The van der Waals surface area contributed by atoms with Gasteiger partial charge in [0.2, 0.25) is 0 Å². The summed E-state index contributed by atoms with van der Waals surface area (Å²) in [6.07, 6.45) is 1.41. The predicted octanol–water partition coefficient (Wildman–Crippen LogP) is 3.24. The Morgan fingerprint density at radius 1 is 1.31 bits per heavy atom. The van der Waals surface area contributed by atoms with E-state index in [2.05, 4.69) is 9.89 Å². The van der Waals surface area contributed by atoms with Crippen LogP contribution in [0.5, 0.6) is 0 Å². The summed E-state index contributed by atoms with van der Waals surface area (Å²) in [5.41, 5.74) is 1.52. The Hall–Kier alpha value is -3.07. The monoisotopic (exact) mass is 443 g/mol. The molecular weight excluding hydrogens is 414 g/mol. The van der Waals surface area contributed by atoms with Crippen molar-refractivity contribution in [1.29, 1.82) is 0 Å². The molecule has 32 heavy (non-hydrogen) atoms. The lowest BCUT2D eigenvalue weighted by atomic mass is 9.75. The Morgan fingerprint density at radius 2 is 2.06 bits per heavy atom. The number of nitro groups is 1. The van der Waals surface area contributed by atoms with Crippen LogP contribution in [0.1, 0.15) is 45.1 Å². The van der Waals surface area contributed by atoms with Crippen LogP contribution in [0.15, 0.2) is 40.5 Å². The summed E-state index contributed by atoms with van der Waals surface area (Å²) in [6.45, 7) is 6.84. The number of piperidine rings is 1. The fourth-order valence-corrected chi connectivity index (χ4v) is 4.46. The largest absolute Gasteiger partial charge is 0.465 e. The van der Waals surface area contributed by atoms with Gasteiger partial charge in [0.15, 0.2) is 0 Å². The van der Waals surface area contributed by atoms with Crippen LogP contribution in [0.25, 0.3) is 0 Å². The number of rotatable bonds is 6. The average Bonchev–Trinajstić information content (AvgIpc) is 2.73. The number of carbonyl (C=O) groups is 2. The van der Waals surface area contributed by atoms with E-state index in [1.807, 2.05) is 7.05 Å². The van der Waals surface area contributed by atoms with Gasteiger partial charge in [-0.05, 0) is 52.8 Å². The number of likely N-dealkylation sites (tertiary alicyclic amines) is 1. The van der Waals surface area contributed by atoms with E-state index in [4.69, 9.17) is 9.47 Å². The van der Waals surface area contributed by atoms with Crippen molar-refractivity contribution in [2.24, 2.45) is 10.9 Å². The molecule has 1 aromatic rings. The third-order valence-corrected chi connectivity index (χ3v) is 5.88. The molecule has 0 N–H and O–H groups in total. The number of nitrogens with zero attached hydrogens (tertiary/aromatic N) is 3. The maximum absolute atomic E-state index is 13.4. The molecular formula is C23H29N3O6. The second-order valence-electron chi connectivity index (χ2n) is 8.24. The van der Waals surface area contributed by atoms with E-state index in [9.17, 15) is 19.7 Å². The Kier molecular flexibility index (Phi) is 7.40. The van der Waals surface area contributed by atoms with Crippen molar-refractivity contribution in [3.05, 3.63) is 51.2 Å². The minimum Gasteiger partial charge on any atom is -0.465 e. The first-order valence-corrected chi connectivity index (χ1v) is 10.8. The smallest absolute Gasteiger partial charge is 0.336 e. The number of likely N-dealkylation sites (N-methyl/N-ethyl adjacent to an activating group) is 1. The van der Waals surface area contributed by atoms with Crippen molar-refractivity contribution in [2.45, 2.75) is 45.6 Å². The normalized spacial score (nSPS) is 24.0. The number of ether oxygens (including phenoxy) is 2. The highest BCUT2D eigenvalue weighted by atomic mass is 16.6. The molecule has 1 aromatic carbocycles. The molecule has 3 atom stereocenters. The lowest BCUT2D eigenvalue weighted by Crippen LogP contribution is -2.40. The quantitative estimate of drug-likeness (QED) is 0.377. The SMILES string of the molecule is CCOC(=O)C1C(C)=NC(C)=C(C(=O)O[C@H]2CCCN(C)C2)[C@H]1c1cccc([N+](=O)[O-])c1. The van der Waals surface area contributed by atoms with Crippen molar-refractivity contribution in [3.8, 4) is 0 Å². The van der Waals surface area contributed by atoms with Crippen molar-refractivity contribution >= 4 is 23.3 Å². The Bertz CT molecular complexity index is 970. The van der Waals surface area contributed by atoms with Gasteiger partial charge in [0.05, 0.1) is 17.1 Å². The summed E-state index contributed by atoms with van der Waals surface area (Å²) in [6, 6.07) is 5.99. The molecule has 0 bridgehead atoms. The molecule has 0 aliphatic carbocycles. The van der Waals surface area contributed by atoms with Crippen LogP contribution >= 0.6 is 0 Å². The maximum Gasteiger partial charge on any atom is 0.336 e. The number of aliphatic imine (C=N–C) groups is 1. The molecule has 0 amide bonds. The molecule has 172 valence electrons. The highest BCUT2D eigenvalue weighted by molar-refractivity contribution is 6.07. The van der Waals surface area contributed by atoms with E-state index in [1.54, 1.807) is 32.9 Å². The van der Waals surface area contributed by atoms with Crippen LogP contribution in [-0.4, -0.2) is 60.3 Å². The first-order chi connectivity index (χ1) is 15.2. The minimum atomic E-state index is -0.878. The predicted molar refractivity (Wildman–Crippen MR) is 118 cm³/mol. The number of allylic oxidation sites excluding steroid dienone is 1. The first kappa shape index (κ1) is 23.6. The van der Waals surface area contributed by atoms with Gasteiger partial charge in [-0.1, -0.05) is 12.1 Å². The fraction of sp³-hybridized carbons (Fsp3) is 0.522. The van der Waals surface area contributed by atoms with Crippen LogP contribution < -0.4 is 0 Å². The zero-order valence-electron chi connectivity index (χ0n) is 18.9. The minimum absolute atomic E-state index is 0.121. The molecule has 9 nitrogen and oxygen atoms in total. The van der Waals surface area contributed by atoms with Gasteiger partial charge in [-0.3, -0.25) is 19.9 Å². The van der Waals surface area contributed by atoms with Crippen LogP contribution in [0.4, 0.5) is 5.69 Å². The lowest BCUT2D eigenvalue weighted by Gasteiger charge is -2.33. The first-order valence-electron chi connectivity index (χ1n) is 10.8. The zero-order valence-corrected chi connectivity index (χ0v) is 18.9. The molecule has 1 fully saturated rings. The van der Waals surface area contributed by atoms with Crippen LogP contribution in [0, 0.1) is 16.0 Å². The van der Waals surface area contributed by atoms with E-state index in [0.29, 0.717) is 23.5 Å². The van der Waals surface area contributed by atoms with Gasteiger partial charge in [-0.2, -0.15) is 0 Å². The molecule has 0 saturated carbocycles. The summed E-state index contributed by atoms with van der Waals surface area (Å²) in [5, 5.41) is 11.4. The van der Waals surface area contributed by atoms with E-state index < -0.39 is 28.7 Å². The van der Waals surface area contributed by atoms with Crippen molar-refractivity contribution < 1.29 is 24.0 Å². The number of hydrogen-bond donors (Lipinski definition) is 0. The molecule has 3 rings (SSSR count). The van der Waals surface area contributed by atoms with E-state index in [-0.39, 0.29) is 24.0 Å². The molecule has 2 aliphatic heterocycles. The Balaban J connectivity index is 2.05. The number of carbonyl (C=O) groups excluding carboxylic acids is 2. The lowest BCUT2D eigenvalue weighted by molar-refractivity contribution is -0.384. The van der Waals surface area contributed by atoms with E-state index in [0.717, 1.165) is 19.4 Å². The van der Waals surface area contributed by atoms with Gasteiger partial charge in [-0.25, -0.2) is 4.79 Å². The molecule has 1 saturated heterocycles. The number of nitro benzene ring substituents is 1. The molecule has 0 radical (unpaired) electrons. The van der Waals surface area contributed by atoms with E-state index in [1.165, 1.54) is 12.1 Å². The van der Waals surface area contributed by atoms with Crippen molar-refractivity contribution in [3.63, 3.8) is 0 Å². The van der Waals surface area contributed by atoms with Gasteiger partial charge in [0.25, 0.3) is 5.69 Å². The number of non-ortho nitro benzene ring substituents is 1. The summed E-state index contributed by atoms with van der Waals surface area (Å²) in [4.78, 5) is 43.7. The number of hydrogen-bond acceptors (Lipinski definition) is 8.